The van der Waals surface area contributed by atoms with Crippen LogP contribution in [0.5, 0.6) is 0 Å². The quantitative estimate of drug-likeness (QED) is 0.712. The Bertz CT molecular complexity index is 583. The maximum atomic E-state index is 9.30. The van der Waals surface area contributed by atoms with Gasteiger partial charge in [0.15, 0.2) is 0 Å². The SMILES string of the molecule is CC(C)(C)c1ccc(-c2ccccc2)cc1C#N. The summed E-state index contributed by atoms with van der Waals surface area (Å²) < 4.78 is 0. The number of benzene rings is 2. The molecule has 2 aromatic rings. The molecule has 0 fully saturated rings. The van der Waals surface area contributed by atoms with Crippen molar-refractivity contribution < 1.29 is 0 Å². The highest BCUT2D eigenvalue weighted by atomic mass is 14.3. The van der Waals surface area contributed by atoms with Gasteiger partial charge in [0, 0.05) is 0 Å². The summed E-state index contributed by atoms with van der Waals surface area (Å²) in [5.74, 6) is 0. The van der Waals surface area contributed by atoms with E-state index in [0.717, 1.165) is 22.3 Å². The molecular weight excluding hydrogens is 218 g/mol. The maximum absolute atomic E-state index is 9.30. The van der Waals surface area contributed by atoms with Crippen molar-refractivity contribution >= 4 is 0 Å². The van der Waals surface area contributed by atoms with Crippen LogP contribution in [0.2, 0.25) is 0 Å². The molecule has 0 heterocycles. The van der Waals surface area contributed by atoms with E-state index >= 15 is 0 Å². The Hall–Kier alpha value is -2.07. The Kier molecular flexibility index (Phi) is 3.21. The van der Waals surface area contributed by atoms with Gasteiger partial charge in [-0.25, -0.2) is 0 Å². The molecule has 0 aromatic heterocycles. The average Bonchev–Trinajstić information content (AvgIpc) is 2.38. The van der Waals surface area contributed by atoms with Gasteiger partial charge in [0.25, 0.3) is 0 Å². The predicted molar refractivity (Wildman–Crippen MR) is 75.3 cm³/mol. The van der Waals surface area contributed by atoms with E-state index in [9.17, 15) is 5.26 Å². The summed E-state index contributed by atoms with van der Waals surface area (Å²) in [6.45, 7) is 6.39. The monoisotopic (exact) mass is 235 g/mol. The van der Waals surface area contributed by atoms with Crippen LogP contribution >= 0.6 is 0 Å². The fraction of sp³-hybridized carbons (Fsp3) is 0.235. The smallest absolute Gasteiger partial charge is 0.0994 e. The standard InChI is InChI=1S/C17H17N/c1-17(2,3)16-10-9-14(11-15(16)12-18)13-7-5-4-6-8-13/h4-11H,1-3H3. The minimum absolute atomic E-state index is 0.000279. The van der Waals surface area contributed by atoms with Crippen LogP contribution in [-0.2, 0) is 5.41 Å². The van der Waals surface area contributed by atoms with Crippen LogP contribution in [0.25, 0.3) is 11.1 Å². The molecule has 2 rings (SSSR count). The number of hydrogen-bond donors (Lipinski definition) is 0. The van der Waals surface area contributed by atoms with E-state index in [2.05, 4.69) is 51.1 Å². The normalized spacial score (nSPS) is 11.0. The number of nitrogens with zero attached hydrogens (tertiary/aromatic N) is 1. The van der Waals surface area contributed by atoms with E-state index in [1.807, 2.05) is 24.3 Å². The Morgan fingerprint density at radius 1 is 0.889 bits per heavy atom. The second-order valence-electron chi connectivity index (χ2n) is 5.49. The summed E-state index contributed by atoms with van der Waals surface area (Å²) >= 11 is 0. The van der Waals surface area contributed by atoms with E-state index in [0.29, 0.717) is 0 Å². The van der Waals surface area contributed by atoms with Crippen molar-refractivity contribution in [3.05, 3.63) is 59.7 Å². The minimum atomic E-state index is 0.000279. The first-order valence-electron chi connectivity index (χ1n) is 6.12. The van der Waals surface area contributed by atoms with Crippen molar-refractivity contribution in [1.82, 2.24) is 0 Å². The summed E-state index contributed by atoms with van der Waals surface area (Å²) in [6, 6.07) is 18.6. The average molecular weight is 235 g/mol. The van der Waals surface area contributed by atoms with Crippen molar-refractivity contribution in [1.29, 1.82) is 5.26 Å². The van der Waals surface area contributed by atoms with Crippen LogP contribution in [0.15, 0.2) is 48.5 Å². The minimum Gasteiger partial charge on any atom is -0.192 e. The van der Waals surface area contributed by atoms with Gasteiger partial charge in [-0.1, -0.05) is 63.2 Å². The van der Waals surface area contributed by atoms with Gasteiger partial charge in [-0.05, 0) is 28.2 Å². The molecule has 0 spiro atoms. The molecule has 1 nitrogen and oxygen atoms in total. The third-order valence-corrected chi connectivity index (χ3v) is 3.06. The summed E-state index contributed by atoms with van der Waals surface area (Å²) in [4.78, 5) is 0. The second kappa shape index (κ2) is 4.66. The Labute approximate surface area is 109 Å². The number of nitriles is 1. The Balaban J connectivity index is 2.54. The van der Waals surface area contributed by atoms with Gasteiger partial charge in [0.05, 0.1) is 11.6 Å². The van der Waals surface area contributed by atoms with Crippen molar-refractivity contribution in [3.8, 4) is 17.2 Å². The Morgan fingerprint density at radius 3 is 2.11 bits per heavy atom. The molecule has 90 valence electrons. The summed E-state index contributed by atoms with van der Waals surface area (Å²) in [5, 5.41) is 9.30. The van der Waals surface area contributed by atoms with Gasteiger partial charge in [-0.3, -0.25) is 0 Å². The zero-order valence-electron chi connectivity index (χ0n) is 11.1. The highest BCUT2D eigenvalue weighted by molar-refractivity contribution is 5.66. The lowest BCUT2D eigenvalue weighted by atomic mass is 9.83. The number of hydrogen-bond acceptors (Lipinski definition) is 1. The third kappa shape index (κ3) is 2.43. The van der Waals surface area contributed by atoms with Gasteiger partial charge in [-0.15, -0.1) is 0 Å². The molecule has 0 atom stereocenters. The third-order valence-electron chi connectivity index (χ3n) is 3.06. The lowest BCUT2D eigenvalue weighted by Gasteiger charge is -2.21. The molecule has 18 heavy (non-hydrogen) atoms. The highest BCUT2D eigenvalue weighted by Crippen LogP contribution is 2.29. The molecule has 0 saturated carbocycles. The van der Waals surface area contributed by atoms with Crippen LogP contribution in [0.4, 0.5) is 0 Å². The largest absolute Gasteiger partial charge is 0.192 e. The first-order valence-corrected chi connectivity index (χ1v) is 6.12. The van der Waals surface area contributed by atoms with E-state index in [1.165, 1.54) is 0 Å². The Morgan fingerprint density at radius 2 is 1.56 bits per heavy atom. The molecule has 0 radical (unpaired) electrons. The van der Waals surface area contributed by atoms with E-state index in [4.69, 9.17) is 0 Å². The molecule has 0 unspecified atom stereocenters. The molecule has 0 N–H and O–H groups in total. The highest BCUT2D eigenvalue weighted by Gasteiger charge is 2.18. The van der Waals surface area contributed by atoms with Crippen LogP contribution < -0.4 is 0 Å². The lowest BCUT2D eigenvalue weighted by Crippen LogP contribution is -2.13. The van der Waals surface area contributed by atoms with Gasteiger partial charge < -0.3 is 0 Å². The summed E-state index contributed by atoms with van der Waals surface area (Å²) in [6.07, 6.45) is 0. The van der Waals surface area contributed by atoms with Gasteiger partial charge in [0.1, 0.15) is 0 Å². The lowest BCUT2D eigenvalue weighted by molar-refractivity contribution is 0.588. The molecule has 0 aliphatic heterocycles. The molecule has 0 aliphatic rings. The predicted octanol–water partition coefficient (Wildman–Crippen LogP) is 4.52. The molecule has 2 aromatic carbocycles. The fourth-order valence-corrected chi connectivity index (χ4v) is 2.10. The van der Waals surface area contributed by atoms with Crippen molar-refractivity contribution in [3.63, 3.8) is 0 Å². The maximum Gasteiger partial charge on any atom is 0.0994 e. The van der Waals surface area contributed by atoms with Crippen molar-refractivity contribution in [2.75, 3.05) is 0 Å². The topological polar surface area (TPSA) is 23.8 Å². The zero-order chi connectivity index (χ0) is 13.2. The van der Waals surface area contributed by atoms with E-state index in [1.54, 1.807) is 0 Å². The molecule has 1 heteroatoms. The summed E-state index contributed by atoms with van der Waals surface area (Å²) in [7, 11) is 0. The second-order valence-corrected chi connectivity index (χ2v) is 5.49. The van der Waals surface area contributed by atoms with Crippen LogP contribution in [0.1, 0.15) is 31.9 Å². The fourth-order valence-electron chi connectivity index (χ4n) is 2.10. The molecule has 0 saturated heterocycles. The van der Waals surface area contributed by atoms with Crippen LogP contribution in [0.3, 0.4) is 0 Å². The first-order chi connectivity index (χ1) is 8.52. The van der Waals surface area contributed by atoms with Gasteiger partial charge >= 0.3 is 0 Å². The van der Waals surface area contributed by atoms with Crippen LogP contribution in [-0.4, -0.2) is 0 Å². The van der Waals surface area contributed by atoms with Crippen LogP contribution in [0, 0.1) is 11.3 Å². The molecule has 0 amide bonds. The van der Waals surface area contributed by atoms with Gasteiger partial charge in [0.2, 0.25) is 0 Å². The van der Waals surface area contributed by atoms with E-state index in [-0.39, 0.29) is 5.41 Å². The number of rotatable bonds is 1. The van der Waals surface area contributed by atoms with Gasteiger partial charge in [-0.2, -0.15) is 5.26 Å². The first kappa shape index (κ1) is 12.4. The molecular formula is C17H17N. The summed E-state index contributed by atoms with van der Waals surface area (Å²) in [5.41, 5.74) is 4.11. The zero-order valence-corrected chi connectivity index (χ0v) is 11.1. The molecule has 0 aliphatic carbocycles. The van der Waals surface area contributed by atoms with E-state index < -0.39 is 0 Å². The van der Waals surface area contributed by atoms with Crippen molar-refractivity contribution in [2.45, 2.75) is 26.2 Å². The van der Waals surface area contributed by atoms with Crippen molar-refractivity contribution in [2.24, 2.45) is 0 Å². The molecule has 0 bridgehead atoms.